The molecule has 1 fully saturated rings. The Morgan fingerprint density at radius 2 is 2.17 bits per heavy atom. The van der Waals surface area contributed by atoms with Crippen molar-refractivity contribution >= 4 is 5.91 Å². The Morgan fingerprint density at radius 1 is 1.35 bits per heavy atom. The Hall–Kier alpha value is -1.75. The van der Waals surface area contributed by atoms with Crippen LogP contribution in [0, 0.1) is 5.92 Å². The molecule has 1 amide bonds. The van der Waals surface area contributed by atoms with Gasteiger partial charge in [-0.15, -0.1) is 0 Å². The first-order valence-corrected chi connectivity index (χ1v) is 8.63. The van der Waals surface area contributed by atoms with Crippen molar-refractivity contribution in [2.75, 3.05) is 32.8 Å². The normalized spacial score (nSPS) is 22.8. The lowest BCUT2D eigenvalue weighted by molar-refractivity contribution is -0.132. The Balaban J connectivity index is 1.50. The number of nitrogens with zero attached hydrogens (tertiary/aromatic N) is 1. The van der Waals surface area contributed by atoms with E-state index in [1.165, 1.54) is 6.42 Å². The molecule has 1 saturated heterocycles. The van der Waals surface area contributed by atoms with Crippen molar-refractivity contribution in [1.82, 2.24) is 10.2 Å². The predicted molar refractivity (Wildman–Crippen MR) is 88.8 cm³/mol. The van der Waals surface area contributed by atoms with E-state index < -0.39 is 0 Å². The third-order valence-electron chi connectivity index (χ3n) is 4.65. The predicted octanol–water partition coefficient (Wildman–Crippen LogP) is 2.06. The molecule has 2 unspecified atom stereocenters. The second-order valence-corrected chi connectivity index (χ2v) is 6.33. The summed E-state index contributed by atoms with van der Waals surface area (Å²) >= 11 is 0. The molecule has 5 heteroatoms. The van der Waals surface area contributed by atoms with Crippen LogP contribution in [0.25, 0.3) is 0 Å². The zero-order chi connectivity index (χ0) is 16.1. The minimum Gasteiger partial charge on any atom is -0.486 e. The lowest BCUT2D eigenvalue weighted by Crippen LogP contribution is -2.43. The highest BCUT2D eigenvalue weighted by atomic mass is 16.6. The van der Waals surface area contributed by atoms with E-state index in [4.69, 9.17) is 9.47 Å². The van der Waals surface area contributed by atoms with Gasteiger partial charge in [0.05, 0.1) is 6.54 Å². The van der Waals surface area contributed by atoms with Gasteiger partial charge in [0.1, 0.15) is 6.61 Å². The first-order chi connectivity index (χ1) is 11.3. The lowest BCUT2D eigenvalue weighted by atomic mass is 10.0. The van der Waals surface area contributed by atoms with Crippen LogP contribution in [-0.2, 0) is 4.79 Å². The van der Waals surface area contributed by atoms with Crippen LogP contribution in [0.2, 0.25) is 0 Å². The molecule has 0 aromatic heterocycles. The molecule has 1 aromatic carbocycles. The number of hydrogen-bond donors (Lipinski definition) is 1. The zero-order valence-corrected chi connectivity index (χ0v) is 13.8. The summed E-state index contributed by atoms with van der Waals surface area (Å²) in [4.78, 5) is 14.4. The highest BCUT2D eigenvalue weighted by Gasteiger charge is 2.25. The first kappa shape index (κ1) is 16.1. The van der Waals surface area contributed by atoms with Crippen LogP contribution in [0.1, 0.15) is 26.2 Å². The summed E-state index contributed by atoms with van der Waals surface area (Å²) < 4.78 is 11.7. The number of hydrogen-bond acceptors (Lipinski definition) is 4. The average Bonchev–Trinajstić information content (AvgIpc) is 3.11. The van der Waals surface area contributed by atoms with Crippen molar-refractivity contribution in [2.45, 2.75) is 32.3 Å². The molecular weight excluding hydrogens is 292 g/mol. The summed E-state index contributed by atoms with van der Waals surface area (Å²) in [5, 5.41) is 3.35. The van der Waals surface area contributed by atoms with Gasteiger partial charge >= 0.3 is 0 Å². The summed E-state index contributed by atoms with van der Waals surface area (Å²) in [6, 6.07) is 7.68. The monoisotopic (exact) mass is 318 g/mol. The minimum atomic E-state index is -0.0954. The van der Waals surface area contributed by atoms with Crippen LogP contribution in [0.15, 0.2) is 24.3 Å². The van der Waals surface area contributed by atoms with E-state index in [-0.39, 0.29) is 12.0 Å². The van der Waals surface area contributed by atoms with Crippen molar-refractivity contribution in [3.8, 4) is 11.5 Å². The molecule has 23 heavy (non-hydrogen) atoms. The van der Waals surface area contributed by atoms with Crippen molar-refractivity contribution in [2.24, 2.45) is 5.92 Å². The maximum Gasteiger partial charge on any atom is 0.222 e. The SMILES string of the molecule is CCN(CC1COc2ccccc2O1)C(=O)CCC1CCNC1. The van der Waals surface area contributed by atoms with Gasteiger partial charge in [-0.2, -0.15) is 0 Å². The zero-order valence-electron chi connectivity index (χ0n) is 13.8. The number of likely N-dealkylation sites (N-methyl/N-ethyl adjacent to an activating group) is 1. The third kappa shape index (κ3) is 4.16. The molecule has 1 N–H and O–H groups in total. The highest BCUT2D eigenvalue weighted by Crippen LogP contribution is 2.31. The molecule has 0 spiro atoms. The van der Waals surface area contributed by atoms with Crippen molar-refractivity contribution in [3.63, 3.8) is 0 Å². The molecule has 0 saturated carbocycles. The summed E-state index contributed by atoms with van der Waals surface area (Å²) in [6.07, 6.45) is 2.70. The number of rotatable bonds is 6. The molecule has 0 bridgehead atoms. The second kappa shape index (κ2) is 7.68. The van der Waals surface area contributed by atoms with Crippen LogP contribution in [-0.4, -0.2) is 49.7 Å². The molecule has 5 nitrogen and oxygen atoms in total. The summed E-state index contributed by atoms with van der Waals surface area (Å²) in [5.74, 6) is 2.43. The fourth-order valence-electron chi connectivity index (χ4n) is 3.25. The van der Waals surface area contributed by atoms with Gasteiger partial charge in [0.2, 0.25) is 5.91 Å². The van der Waals surface area contributed by atoms with Crippen molar-refractivity contribution in [3.05, 3.63) is 24.3 Å². The molecule has 2 aliphatic rings. The van der Waals surface area contributed by atoms with Crippen LogP contribution in [0.4, 0.5) is 0 Å². The first-order valence-electron chi connectivity index (χ1n) is 8.63. The maximum atomic E-state index is 12.5. The molecule has 3 rings (SSSR count). The molecule has 2 atom stereocenters. The van der Waals surface area contributed by atoms with Gasteiger partial charge in [0.15, 0.2) is 17.6 Å². The van der Waals surface area contributed by atoms with Gasteiger partial charge in [-0.25, -0.2) is 0 Å². The van der Waals surface area contributed by atoms with E-state index in [1.54, 1.807) is 0 Å². The molecule has 0 radical (unpaired) electrons. The quantitative estimate of drug-likeness (QED) is 0.872. The Kier molecular flexibility index (Phi) is 5.39. The topological polar surface area (TPSA) is 50.8 Å². The smallest absolute Gasteiger partial charge is 0.222 e. The average molecular weight is 318 g/mol. The van der Waals surface area contributed by atoms with E-state index in [0.29, 0.717) is 32.0 Å². The number of nitrogens with one attached hydrogen (secondary N) is 1. The van der Waals surface area contributed by atoms with E-state index in [1.807, 2.05) is 36.1 Å². The van der Waals surface area contributed by atoms with Crippen LogP contribution in [0.5, 0.6) is 11.5 Å². The molecule has 126 valence electrons. The van der Waals surface area contributed by atoms with Crippen LogP contribution < -0.4 is 14.8 Å². The Morgan fingerprint density at radius 3 is 2.91 bits per heavy atom. The van der Waals surface area contributed by atoms with Gasteiger partial charge in [-0.1, -0.05) is 12.1 Å². The number of carbonyl (C=O) groups excluding carboxylic acids is 1. The summed E-state index contributed by atoms with van der Waals surface area (Å²) in [5.41, 5.74) is 0. The second-order valence-electron chi connectivity index (χ2n) is 6.33. The standard InChI is InChI=1S/C18H26N2O3/c1-2-20(18(21)8-7-14-9-10-19-11-14)12-15-13-22-16-5-3-4-6-17(16)23-15/h3-6,14-15,19H,2,7-13H2,1H3. The summed E-state index contributed by atoms with van der Waals surface area (Å²) in [6.45, 7) is 5.95. The molecule has 0 aliphatic carbocycles. The molecule has 2 aliphatic heterocycles. The maximum absolute atomic E-state index is 12.5. The van der Waals surface area contributed by atoms with E-state index in [2.05, 4.69) is 5.32 Å². The largest absolute Gasteiger partial charge is 0.486 e. The number of ether oxygens (including phenoxy) is 2. The van der Waals surface area contributed by atoms with E-state index in [9.17, 15) is 4.79 Å². The number of benzene rings is 1. The minimum absolute atomic E-state index is 0.0954. The van der Waals surface area contributed by atoms with Gasteiger partial charge < -0.3 is 19.7 Å². The Labute approximate surface area is 137 Å². The summed E-state index contributed by atoms with van der Waals surface area (Å²) in [7, 11) is 0. The number of amides is 1. The van der Waals surface area contributed by atoms with Gasteiger partial charge in [-0.3, -0.25) is 4.79 Å². The van der Waals surface area contributed by atoms with Gasteiger partial charge in [0, 0.05) is 13.0 Å². The van der Waals surface area contributed by atoms with Crippen molar-refractivity contribution in [1.29, 1.82) is 0 Å². The van der Waals surface area contributed by atoms with E-state index in [0.717, 1.165) is 31.0 Å². The van der Waals surface area contributed by atoms with Crippen LogP contribution >= 0.6 is 0 Å². The lowest BCUT2D eigenvalue weighted by Gasteiger charge is -2.31. The fourth-order valence-corrected chi connectivity index (χ4v) is 3.25. The number of carbonyl (C=O) groups is 1. The molecule has 2 heterocycles. The third-order valence-corrected chi connectivity index (χ3v) is 4.65. The fraction of sp³-hybridized carbons (Fsp3) is 0.611. The highest BCUT2D eigenvalue weighted by molar-refractivity contribution is 5.76. The molecular formula is C18H26N2O3. The van der Waals surface area contributed by atoms with Gasteiger partial charge in [-0.05, 0) is 50.9 Å². The number of para-hydroxylation sites is 2. The Bertz CT molecular complexity index is 529. The van der Waals surface area contributed by atoms with Crippen LogP contribution in [0.3, 0.4) is 0 Å². The van der Waals surface area contributed by atoms with E-state index >= 15 is 0 Å². The van der Waals surface area contributed by atoms with Gasteiger partial charge in [0.25, 0.3) is 0 Å². The molecule has 1 aromatic rings. The van der Waals surface area contributed by atoms with Crippen molar-refractivity contribution < 1.29 is 14.3 Å². The number of fused-ring (bicyclic) bond motifs is 1.